The van der Waals surface area contributed by atoms with Crippen LogP contribution in [-0.2, 0) is 4.79 Å². The summed E-state index contributed by atoms with van der Waals surface area (Å²) in [4.78, 5) is 45.8. The molecule has 0 radical (unpaired) electrons. The van der Waals surface area contributed by atoms with Crippen molar-refractivity contribution < 1.29 is 28.2 Å². The Morgan fingerprint density at radius 2 is 1.60 bits per heavy atom. The summed E-state index contributed by atoms with van der Waals surface area (Å²) in [6.45, 7) is 5.48. The van der Waals surface area contributed by atoms with E-state index in [-0.39, 0.29) is 17.3 Å². The summed E-state index contributed by atoms with van der Waals surface area (Å²) in [6.07, 6.45) is 3.52. The third-order valence-corrected chi connectivity index (χ3v) is 8.55. The lowest BCUT2D eigenvalue weighted by Crippen LogP contribution is -2.49. The van der Waals surface area contributed by atoms with Crippen molar-refractivity contribution in [3.63, 3.8) is 0 Å². The van der Waals surface area contributed by atoms with Crippen LogP contribution in [0.1, 0.15) is 58.5 Å². The van der Waals surface area contributed by atoms with Crippen LogP contribution in [0.3, 0.4) is 0 Å². The van der Waals surface area contributed by atoms with Crippen LogP contribution in [0.5, 0.6) is 11.5 Å². The number of nitrogens with zero attached hydrogens (tertiary/aromatic N) is 1. The second-order valence-electron chi connectivity index (χ2n) is 11.6. The monoisotopic (exact) mass is 539 g/mol. The highest BCUT2D eigenvalue weighted by Crippen LogP contribution is 2.62. The van der Waals surface area contributed by atoms with Crippen LogP contribution in [0.25, 0.3) is 6.08 Å². The Labute approximate surface area is 232 Å². The number of hydrogen-bond acceptors (Lipinski definition) is 6. The first kappa shape index (κ1) is 26.0. The molecule has 204 valence electrons. The van der Waals surface area contributed by atoms with Gasteiger partial charge in [-0.15, -0.1) is 0 Å². The van der Waals surface area contributed by atoms with Gasteiger partial charge >= 0.3 is 0 Å². The first-order valence-corrected chi connectivity index (χ1v) is 13.3. The predicted molar refractivity (Wildman–Crippen MR) is 150 cm³/mol. The number of hydrogen-bond donors (Lipinski definition) is 0. The summed E-state index contributed by atoms with van der Waals surface area (Å²) in [5.74, 6) is -1.22. The molecule has 6 nitrogen and oxygen atoms in total. The molecular weight excluding hydrogens is 509 g/mol. The molecule has 0 bridgehead atoms. The van der Waals surface area contributed by atoms with Gasteiger partial charge in [0.1, 0.15) is 22.7 Å². The Bertz CT molecular complexity index is 1580. The van der Waals surface area contributed by atoms with Crippen LogP contribution in [-0.4, -0.2) is 43.7 Å². The van der Waals surface area contributed by atoms with Crippen LogP contribution < -0.4 is 14.4 Å². The van der Waals surface area contributed by atoms with E-state index in [1.54, 1.807) is 60.7 Å². The van der Waals surface area contributed by atoms with Crippen LogP contribution in [0.2, 0.25) is 0 Å². The van der Waals surface area contributed by atoms with Gasteiger partial charge in [-0.2, -0.15) is 0 Å². The molecule has 0 unspecified atom stereocenters. The highest BCUT2D eigenvalue weighted by Gasteiger charge is 2.72. The van der Waals surface area contributed by atoms with Crippen molar-refractivity contribution in [2.24, 2.45) is 10.8 Å². The number of carbonyl (C=O) groups is 3. The molecule has 7 heteroatoms. The summed E-state index contributed by atoms with van der Waals surface area (Å²) in [7, 11) is 3.05. The van der Waals surface area contributed by atoms with E-state index < -0.39 is 34.6 Å². The number of halogens is 1. The Kier molecular flexibility index (Phi) is 5.77. The van der Waals surface area contributed by atoms with Crippen LogP contribution in [0.4, 0.5) is 10.1 Å². The maximum atomic E-state index is 14.7. The van der Waals surface area contributed by atoms with Crippen LogP contribution in [0, 0.1) is 16.6 Å². The standard InChI is InChI=1S/C33H30FNO5/c1-32(2,3)31(38)28-27(23-17-20(39-4)12-14-25(23)40-5)33(29(36)21-8-6-7-9-22(21)30(33)37)26-15-10-18-16-19(34)11-13-24(18)35(26)28/h6-17,26-28H,1-5H3/t26-,27-,28-/m1/s1. The van der Waals surface area contributed by atoms with Gasteiger partial charge in [-0.05, 0) is 36.4 Å². The lowest BCUT2D eigenvalue weighted by molar-refractivity contribution is -0.127. The van der Waals surface area contributed by atoms with Gasteiger partial charge in [0.15, 0.2) is 17.3 Å². The van der Waals surface area contributed by atoms with Gasteiger partial charge in [0.25, 0.3) is 0 Å². The predicted octanol–water partition coefficient (Wildman–Crippen LogP) is 5.89. The molecule has 3 aromatic rings. The molecule has 3 aromatic carbocycles. The zero-order valence-corrected chi connectivity index (χ0v) is 23.0. The Balaban J connectivity index is 1.74. The molecule has 0 aromatic heterocycles. The fourth-order valence-electron chi connectivity index (χ4n) is 6.82. The third-order valence-electron chi connectivity index (χ3n) is 8.55. The first-order valence-electron chi connectivity index (χ1n) is 13.3. The van der Waals surface area contributed by atoms with Gasteiger partial charge in [-0.25, -0.2) is 4.39 Å². The average molecular weight is 540 g/mol. The minimum atomic E-state index is -1.67. The van der Waals surface area contributed by atoms with Gasteiger partial charge in [0.2, 0.25) is 0 Å². The van der Waals surface area contributed by atoms with Crippen molar-refractivity contribution in [2.45, 2.75) is 38.8 Å². The molecule has 0 amide bonds. The second kappa shape index (κ2) is 8.88. The number of methoxy groups -OCH3 is 2. The zero-order valence-electron chi connectivity index (χ0n) is 23.0. The van der Waals surface area contributed by atoms with Crippen molar-refractivity contribution in [3.8, 4) is 11.5 Å². The van der Waals surface area contributed by atoms with Gasteiger partial charge in [0, 0.05) is 39.3 Å². The molecule has 0 N–H and O–H groups in total. The van der Waals surface area contributed by atoms with E-state index >= 15 is 0 Å². The number of Topliss-reactive ketones (excluding diaryl/α,β-unsaturated/α-hetero) is 3. The highest BCUT2D eigenvalue weighted by atomic mass is 19.1. The Morgan fingerprint density at radius 3 is 2.20 bits per heavy atom. The normalized spacial score (nSPS) is 22.2. The number of ether oxygens (including phenoxy) is 2. The largest absolute Gasteiger partial charge is 0.497 e. The molecule has 3 aliphatic rings. The van der Waals surface area contributed by atoms with Crippen molar-refractivity contribution in [2.75, 3.05) is 19.1 Å². The molecule has 1 fully saturated rings. The number of fused-ring (bicyclic) bond motifs is 5. The van der Waals surface area contributed by atoms with E-state index in [2.05, 4.69) is 0 Å². The van der Waals surface area contributed by atoms with Crippen LogP contribution in [0.15, 0.2) is 66.7 Å². The maximum Gasteiger partial charge on any atom is 0.180 e. The van der Waals surface area contributed by atoms with Gasteiger partial charge in [-0.3, -0.25) is 14.4 Å². The van der Waals surface area contributed by atoms with Gasteiger partial charge in [0.05, 0.1) is 26.3 Å². The number of ketones is 3. The van der Waals surface area contributed by atoms with Crippen molar-refractivity contribution in [1.29, 1.82) is 0 Å². The summed E-state index contributed by atoms with van der Waals surface area (Å²) in [5.41, 5.74) is -0.126. The Morgan fingerprint density at radius 1 is 0.925 bits per heavy atom. The van der Waals surface area contributed by atoms with E-state index in [1.165, 1.54) is 26.4 Å². The summed E-state index contributed by atoms with van der Waals surface area (Å²) in [6, 6.07) is 14.7. The molecule has 1 aliphatic carbocycles. The molecule has 2 aliphatic heterocycles. The van der Waals surface area contributed by atoms with E-state index in [9.17, 15) is 18.8 Å². The van der Waals surface area contributed by atoms with Gasteiger partial charge < -0.3 is 14.4 Å². The lowest BCUT2D eigenvalue weighted by Gasteiger charge is -2.38. The number of carbonyl (C=O) groups excluding carboxylic acids is 3. The highest BCUT2D eigenvalue weighted by molar-refractivity contribution is 6.32. The smallest absolute Gasteiger partial charge is 0.180 e. The zero-order chi connectivity index (χ0) is 28.6. The molecule has 1 saturated heterocycles. The van der Waals surface area contributed by atoms with Crippen LogP contribution >= 0.6 is 0 Å². The maximum absolute atomic E-state index is 14.7. The van der Waals surface area contributed by atoms with E-state index in [0.29, 0.717) is 39.4 Å². The number of anilines is 1. The molecule has 3 atom stereocenters. The molecule has 40 heavy (non-hydrogen) atoms. The topological polar surface area (TPSA) is 72.9 Å². The van der Waals surface area contributed by atoms with E-state index in [4.69, 9.17) is 9.47 Å². The quantitative estimate of drug-likeness (QED) is 0.385. The molecular formula is C33H30FNO5. The third kappa shape index (κ3) is 3.36. The lowest BCUT2D eigenvalue weighted by atomic mass is 9.63. The summed E-state index contributed by atoms with van der Waals surface area (Å²) in [5, 5.41) is 0. The second-order valence-corrected chi connectivity index (χ2v) is 11.6. The number of benzene rings is 3. The molecule has 2 heterocycles. The SMILES string of the molecule is COc1ccc(OC)c([C@@H]2[C@H](C(=O)C(C)(C)C)N3c4ccc(F)cc4C=C[C@@H]3C23C(=O)c2ccccc2C3=O)c1. The minimum absolute atomic E-state index is 0.147. The fourth-order valence-corrected chi connectivity index (χ4v) is 6.82. The molecule has 0 saturated carbocycles. The van der Waals surface area contributed by atoms with E-state index in [0.717, 1.165) is 0 Å². The summed E-state index contributed by atoms with van der Waals surface area (Å²) >= 11 is 0. The number of rotatable bonds is 4. The van der Waals surface area contributed by atoms with E-state index in [1.807, 2.05) is 25.7 Å². The molecule has 1 spiro atoms. The van der Waals surface area contributed by atoms with Crippen molar-refractivity contribution in [3.05, 3.63) is 94.8 Å². The summed E-state index contributed by atoms with van der Waals surface area (Å²) < 4.78 is 25.7. The first-order chi connectivity index (χ1) is 19.0. The van der Waals surface area contributed by atoms with Crippen molar-refractivity contribution in [1.82, 2.24) is 0 Å². The Hall–Kier alpha value is -4.26. The van der Waals surface area contributed by atoms with Crippen molar-refractivity contribution >= 4 is 29.1 Å². The molecule has 6 rings (SSSR count). The van der Waals surface area contributed by atoms with Gasteiger partial charge in [-0.1, -0.05) is 57.2 Å². The minimum Gasteiger partial charge on any atom is -0.497 e. The fraction of sp³-hybridized carbons (Fsp3) is 0.303. The average Bonchev–Trinajstić information content (AvgIpc) is 3.37.